The largest absolute Gasteiger partial charge is 0.373 e. The van der Waals surface area contributed by atoms with Crippen LogP contribution < -0.4 is 10.6 Å². The lowest BCUT2D eigenvalue weighted by molar-refractivity contribution is -0.117. The average molecular weight is 388 g/mol. The Morgan fingerprint density at radius 1 is 1.11 bits per heavy atom. The monoisotopic (exact) mass is 388 g/mol. The van der Waals surface area contributed by atoms with Crippen molar-refractivity contribution in [1.82, 2.24) is 9.97 Å². The molecule has 0 unspecified atom stereocenters. The molecule has 4 rings (SSSR count). The van der Waals surface area contributed by atoms with Crippen molar-refractivity contribution in [3.05, 3.63) is 53.9 Å². The topological polar surface area (TPSA) is 66.9 Å². The minimum Gasteiger partial charge on any atom is -0.373 e. The van der Waals surface area contributed by atoms with E-state index in [0.717, 1.165) is 40.6 Å². The van der Waals surface area contributed by atoms with Gasteiger partial charge in [0.2, 0.25) is 5.91 Å². The number of hydrogen-bond donors (Lipinski definition) is 2. The molecule has 2 heterocycles. The van der Waals surface area contributed by atoms with Crippen LogP contribution in [0.5, 0.6) is 0 Å². The molecule has 1 saturated carbocycles. The van der Waals surface area contributed by atoms with Crippen molar-refractivity contribution in [1.29, 1.82) is 0 Å². The fourth-order valence-corrected chi connectivity index (χ4v) is 3.30. The van der Waals surface area contributed by atoms with Gasteiger partial charge in [0.15, 0.2) is 0 Å². The summed E-state index contributed by atoms with van der Waals surface area (Å²) in [6, 6.07) is 10.0. The molecular weight excluding hydrogens is 368 g/mol. The van der Waals surface area contributed by atoms with Crippen LogP contribution in [0, 0.1) is 17.8 Å². The number of thioether (sulfide) groups is 1. The third kappa shape index (κ3) is 3.95. The van der Waals surface area contributed by atoms with E-state index in [1.807, 2.05) is 25.2 Å². The normalized spacial score (nSPS) is 12.9. The van der Waals surface area contributed by atoms with Gasteiger partial charge in [0, 0.05) is 46.6 Å². The Bertz CT molecular complexity index is 1100. The van der Waals surface area contributed by atoms with E-state index in [1.165, 1.54) is 4.90 Å². The fourth-order valence-electron chi connectivity index (χ4n) is 2.89. The molecular formula is C22H20N4OS. The predicted molar refractivity (Wildman–Crippen MR) is 115 cm³/mol. The van der Waals surface area contributed by atoms with Gasteiger partial charge >= 0.3 is 0 Å². The van der Waals surface area contributed by atoms with Gasteiger partial charge in [-0.1, -0.05) is 11.8 Å². The summed E-state index contributed by atoms with van der Waals surface area (Å²) < 4.78 is 0. The number of benzene rings is 1. The minimum absolute atomic E-state index is 0.0382. The second-order valence-electron chi connectivity index (χ2n) is 6.63. The summed E-state index contributed by atoms with van der Waals surface area (Å²) in [4.78, 5) is 22.1. The smallest absolute Gasteiger partial charge is 0.228 e. The third-order valence-electron chi connectivity index (χ3n) is 4.64. The molecule has 1 amide bonds. The number of rotatable bonds is 4. The fraction of sp³-hybridized carbons (Fsp3) is 0.227. The maximum atomic E-state index is 12.1. The molecule has 0 radical (unpaired) electrons. The van der Waals surface area contributed by atoms with Crippen molar-refractivity contribution in [3.63, 3.8) is 0 Å². The van der Waals surface area contributed by atoms with Crippen molar-refractivity contribution in [2.75, 3.05) is 23.9 Å². The molecule has 28 heavy (non-hydrogen) atoms. The summed E-state index contributed by atoms with van der Waals surface area (Å²) in [5, 5.41) is 7.77. The van der Waals surface area contributed by atoms with E-state index in [2.05, 4.69) is 50.8 Å². The Hall–Kier alpha value is -3.04. The zero-order valence-electron chi connectivity index (χ0n) is 15.7. The molecule has 1 aromatic carbocycles. The van der Waals surface area contributed by atoms with Crippen molar-refractivity contribution in [2.45, 2.75) is 17.7 Å². The molecule has 1 aliphatic rings. The number of carbonyl (C=O) groups is 1. The van der Waals surface area contributed by atoms with Gasteiger partial charge in [-0.3, -0.25) is 4.79 Å². The van der Waals surface area contributed by atoms with Crippen LogP contribution in [0.1, 0.15) is 24.0 Å². The quantitative estimate of drug-likeness (QED) is 0.519. The van der Waals surface area contributed by atoms with Crippen LogP contribution in [-0.2, 0) is 4.79 Å². The lowest BCUT2D eigenvalue weighted by atomic mass is 10.1. The van der Waals surface area contributed by atoms with E-state index in [-0.39, 0.29) is 11.8 Å². The van der Waals surface area contributed by atoms with Gasteiger partial charge in [-0.25, -0.2) is 9.97 Å². The Morgan fingerprint density at radius 2 is 1.89 bits per heavy atom. The number of carbonyl (C=O) groups excluding carboxylic acids is 1. The third-order valence-corrected chi connectivity index (χ3v) is 5.38. The number of amides is 1. The maximum Gasteiger partial charge on any atom is 0.228 e. The van der Waals surface area contributed by atoms with Crippen LogP contribution in [0.15, 0.2) is 47.6 Å². The average Bonchev–Trinajstić information content (AvgIpc) is 3.58. The molecule has 2 aromatic heterocycles. The summed E-state index contributed by atoms with van der Waals surface area (Å²) >= 11 is 1.70. The van der Waals surface area contributed by atoms with Crippen LogP contribution in [0.4, 0.5) is 11.6 Å². The second-order valence-corrected chi connectivity index (χ2v) is 7.51. The first-order valence-corrected chi connectivity index (χ1v) is 10.3. The number of hydrogen-bond acceptors (Lipinski definition) is 5. The van der Waals surface area contributed by atoms with E-state index in [1.54, 1.807) is 24.2 Å². The van der Waals surface area contributed by atoms with Gasteiger partial charge in [0.25, 0.3) is 0 Å². The van der Waals surface area contributed by atoms with E-state index in [9.17, 15) is 4.79 Å². The molecule has 140 valence electrons. The molecule has 0 bridgehead atoms. The Kier molecular flexibility index (Phi) is 5.18. The molecule has 2 N–H and O–H groups in total. The van der Waals surface area contributed by atoms with E-state index >= 15 is 0 Å². The van der Waals surface area contributed by atoms with E-state index in [0.29, 0.717) is 5.82 Å². The van der Waals surface area contributed by atoms with Crippen LogP contribution in [0.2, 0.25) is 0 Å². The molecule has 0 aliphatic heterocycles. The Labute approximate surface area is 168 Å². The number of aromatic nitrogens is 2. The van der Waals surface area contributed by atoms with Crippen LogP contribution in [0.25, 0.3) is 10.8 Å². The zero-order chi connectivity index (χ0) is 19.5. The minimum atomic E-state index is 0.0382. The first kappa shape index (κ1) is 18.3. The summed E-state index contributed by atoms with van der Waals surface area (Å²) in [6.07, 6.45) is 7.45. The van der Waals surface area contributed by atoms with Crippen LogP contribution >= 0.6 is 11.8 Å². The zero-order valence-corrected chi connectivity index (χ0v) is 16.6. The Balaban J connectivity index is 1.71. The lowest BCUT2D eigenvalue weighted by Gasteiger charge is -2.09. The van der Waals surface area contributed by atoms with Crippen LogP contribution in [-0.4, -0.2) is 29.2 Å². The van der Waals surface area contributed by atoms with Crippen molar-refractivity contribution >= 4 is 40.1 Å². The summed E-state index contributed by atoms with van der Waals surface area (Å²) in [5.74, 6) is 7.87. The lowest BCUT2D eigenvalue weighted by Crippen LogP contribution is -2.14. The van der Waals surface area contributed by atoms with Gasteiger partial charge in [-0.15, -0.1) is 11.8 Å². The number of nitrogens with zero attached hydrogens (tertiary/aromatic N) is 2. The van der Waals surface area contributed by atoms with Gasteiger partial charge in [0.05, 0.1) is 5.56 Å². The molecule has 0 spiro atoms. The molecule has 1 aliphatic carbocycles. The number of fused-ring (bicyclic) bond motifs is 1. The standard InChI is InChI=1S/C22H20N4OS/c1-23-21-19-13-24-20(26-22(27)15-7-8-15)11-18(19)16(12-25-21)6-3-14-4-9-17(28-2)10-5-14/h4-5,9-13,15H,7-8H2,1-2H3,(H,23,25)(H,24,26,27). The molecule has 5 nitrogen and oxygen atoms in total. The van der Waals surface area contributed by atoms with E-state index in [4.69, 9.17) is 0 Å². The highest BCUT2D eigenvalue weighted by atomic mass is 32.2. The summed E-state index contributed by atoms with van der Waals surface area (Å²) in [7, 11) is 1.82. The number of pyridine rings is 2. The van der Waals surface area contributed by atoms with Crippen molar-refractivity contribution < 1.29 is 4.79 Å². The van der Waals surface area contributed by atoms with Gasteiger partial charge in [-0.05, 0) is 49.4 Å². The Morgan fingerprint density at radius 3 is 2.57 bits per heavy atom. The molecule has 0 saturated heterocycles. The molecule has 1 fully saturated rings. The van der Waals surface area contributed by atoms with Crippen molar-refractivity contribution in [3.8, 4) is 11.8 Å². The summed E-state index contributed by atoms with van der Waals surface area (Å²) in [5.41, 5.74) is 1.74. The summed E-state index contributed by atoms with van der Waals surface area (Å²) in [6.45, 7) is 0. The number of anilines is 2. The van der Waals surface area contributed by atoms with E-state index < -0.39 is 0 Å². The molecule has 3 aromatic rings. The van der Waals surface area contributed by atoms with Gasteiger partial charge in [0.1, 0.15) is 11.6 Å². The van der Waals surface area contributed by atoms with Crippen molar-refractivity contribution in [2.24, 2.45) is 5.92 Å². The van der Waals surface area contributed by atoms with Gasteiger partial charge in [-0.2, -0.15) is 0 Å². The highest BCUT2D eigenvalue weighted by Gasteiger charge is 2.29. The predicted octanol–water partition coefficient (Wildman–Crippen LogP) is 4.14. The van der Waals surface area contributed by atoms with Crippen LogP contribution in [0.3, 0.4) is 0 Å². The molecule has 6 heteroatoms. The second kappa shape index (κ2) is 7.91. The molecule has 0 atom stereocenters. The first-order chi connectivity index (χ1) is 13.7. The highest BCUT2D eigenvalue weighted by molar-refractivity contribution is 7.98. The van der Waals surface area contributed by atoms with Gasteiger partial charge < -0.3 is 10.6 Å². The number of nitrogens with one attached hydrogen (secondary N) is 2. The highest BCUT2D eigenvalue weighted by Crippen LogP contribution is 2.31. The maximum absolute atomic E-state index is 12.1. The SMILES string of the molecule is CNc1ncc(C#Cc2ccc(SC)cc2)c2cc(NC(=O)C3CC3)ncc12. The first-order valence-electron chi connectivity index (χ1n) is 9.11.